The van der Waals surface area contributed by atoms with E-state index in [2.05, 4.69) is 0 Å². The number of carbonyl (C=O) groups excluding carboxylic acids is 1. The van der Waals surface area contributed by atoms with Gasteiger partial charge in [0.05, 0.1) is 11.7 Å². The summed E-state index contributed by atoms with van der Waals surface area (Å²) in [5.41, 5.74) is 0.789. The van der Waals surface area contributed by atoms with E-state index < -0.39 is 5.97 Å². The smallest absolute Gasteiger partial charge is 0.329 e. The molecule has 2 rings (SSSR count). The normalized spacial score (nSPS) is 16.4. The van der Waals surface area contributed by atoms with Crippen LogP contribution in [0.15, 0.2) is 6.07 Å². The molecule has 1 fully saturated rings. The summed E-state index contributed by atoms with van der Waals surface area (Å²) < 4.78 is 5.27. The SMILES string of the molecule is Cc1cc(C(=O)N2CCC(OCC(=O)O)CC2)c(C)s1. The predicted octanol–water partition coefficient (Wildman–Crippen LogP) is 2.07. The van der Waals surface area contributed by atoms with E-state index in [1.807, 2.05) is 24.8 Å². The van der Waals surface area contributed by atoms with Crippen molar-refractivity contribution in [2.24, 2.45) is 0 Å². The van der Waals surface area contributed by atoms with Crippen molar-refractivity contribution in [3.8, 4) is 0 Å². The van der Waals surface area contributed by atoms with Crippen molar-refractivity contribution < 1.29 is 19.4 Å². The molecule has 0 spiro atoms. The summed E-state index contributed by atoms with van der Waals surface area (Å²) in [6.07, 6.45) is 1.34. The van der Waals surface area contributed by atoms with E-state index in [9.17, 15) is 9.59 Å². The average molecular weight is 297 g/mol. The van der Waals surface area contributed by atoms with Gasteiger partial charge < -0.3 is 14.7 Å². The van der Waals surface area contributed by atoms with Gasteiger partial charge in [0.1, 0.15) is 6.61 Å². The number of hydrogen-bond acceptors (Lipinski definition) is 4. The Morgan fingerprint density at radius 3 is 2.55 bits per heavy atom. The van der Waals surface area contributed by atoms with Crippen LogP contribution in [-0.4, -0.2) is 47.7 Å². The first-order valence-corrected chi connectivity index (χ1v) is 7.48. The molecule has 1 aliphatic heterocycles. The van der Waals surface area contributed by atoms with E-state index in [1.54, 1.807) is 11.3 Å². The third kappa shape index (κ3) is 3.58. The number of carboxylic acid groups (broad SMARTS) is 1. The summed E-state index contributed by atoms with van der Waals surface area (Å²) >= 11 is 1.64. The molecule has 0 aromatic carbocycles. The number of piperidine rings is 1. The molecule has 1 aromatic heterocycles. The van der Waals surface area contributed by atoms with Crippen molar-refractivity contribution in [2.45, 2.75) is 32.8 Å². The van der Waals surface area contributed by atoms with Gasteiger partial charge in [0.2, 0.25) is 0 Å². The van der Waals surface area contributed by atoms with Crippen LogP contribution in [0.2, 0.25) is 0 Å². The predicted molar refractivity (Wildman–Crippen MR) is 76.3 cm³/mol. The Morgan fingerprint density at radius 1 is 1.40 bits per heavy atom. The molecule has 5 nitrogen and oxygen atoms in total. The van der Waals surface area contributed by atoms with Crippen molar-refractivity contribution >= 4 is 23.2 Å². The maximum absolute atomic E-state index is 12.4. The fourth-order valence-electron chi connectivity index (χ4n) is 2.43. The maximum Gasteiger partial charge on any atom is 0.329 e. The van der Waals surface area contributed by atoms with Crippen LogP contribution in [0.4, 0.5) is 0 Å². The van der Waals surface area contributed by atoms with E-state index in [1.165, 1.54) is 0 Å². The summed E-state index contributed by atoms with van der Waals surface area (Å²) in [4.78, 5) is 26.9. The molecule has 2 heterocycles. The molecule has 110 valence electrons. The van der Waals surface area contributed by atoms with Gasteiger partial charge in [-0.15, -0.1) is 11.3 Å². The van der Waals surface area contributed by atoms with E-state index in [0.29, 0.717) is 25.9 Å². The number of aliphatic carboxylic acids is 1. The van der Waals surface area contributed by atoms with Crippen LogP contribution >= 0.6 is 11.3 Å². The van der Waals surface area contributed by atoms with E-state index >= 15 is 0 Å². The summed E-state index contributed by atoms with van der Waals surface area (Å²) in [6.45, 7) is 4.95. The van der Waals surface area contributed by atoms with Crippen molar-refractivity contribution in [1.29, 1.82) is 0 Å². The molecule has 1 saturated heterocycles. The molecule has 0 radical (unpaired) electrons. The van der Waals surface area contributed by atoms with Gasteiger partial charge in [0, 0.05) is 22.8 Å². The van der Waals surface area contributed by atoms with Gasteiger partial charge in [-0.05, 0) is 32.8 Å². The molecule has 0 saturated carbocycles. The first kappa shape index (κ1) is 15.0. The highest BCUT2D eigenvalue weighted by atomic mass is 32.1. The Hall–Kier alpha value is -1.40. The number of likely N-dealkylation sites (tertiary alicyclic amines) is 1. The van der Waals surface area contributed by atoms with Crippen molar-refractivity contribution in [3.63, 3.8) is 0 Å². The summed E-state index contributed by atoms with van der Waals surface area (Å²) in [7, 11) is 0. The van der Waals surface area contributed by atoms with Gasteiger partial charge in [0.25, 0.3) is 5.91 Å². The van der Waals surface area contributed by atoms with Crippen LogP contribution in [0.3, 0.4) is 0 Å². The zero-order chi connectivity index (χ0) is 14.7. The molecule has 0 bridgehead atoms. The lowest BCUT2D eigenvalue weighted by molar-refractivity contribution is -0.145. The Labute approximate surface area is 122 Å². The molecule has 0 aliphatic carbocycles. The Bertz CT molecular complexity index is 503. The first-order valence-electron chi connectivity index (χ1n) is 6.67. The Morgan fingerprint density at radius 2 is 2.05 bits per heavy atom. The molecule has 1 N–H and O–H groups in total. The minimum atomic E-state index is -0.951. The molecule has 0 unspecified atom stereocenters. The second-order valence-corrected chi connectivity index (χ2v) is 6.48. The number of amides is 1. The lowest BCUT2D eigenvalue weighted by Crippen LogP contribution is -2.41. The quantitative estimate of drug-likeness (QED) is 0.924. The van der Waals surface area contributed by atoms with Gasteiger partial charge in [0.15, 0.2) is 0 Å². The Kier molecular flexibility index (Phi) is 4.77. The molecule has 1 aromatic rings. The van der Waals surface area contributed by atoms with Crippen LogP contribution in [-0.2, 0) is 9.53 Å². The highest BCUT2D eigenvalue weighted by Gasteiger charge is 2.25. The van der Waals surface area contributed by atoms with Crippen LogP contribution < -0.4 is 0 Å². The van der Waals surface area contributed by atoms with Gasteiger partial charge in [-0.25, -0.2) is 4.79 Å². The van der Waals surface area contributed by atoms with Gasteiger partial charge in [-0.3, -0.25) is 4.79 Å². The van der Waals surface area contributed by atoms with E-state index in [4.69, 9.17) is 9.84 Å². The van der Waals surface area contributed by atoms with Crippen LogP contribution in [0.5, 0.6) is 0 Å². The van der Waals surface area contributed by atoms with Gasteiger partial charge in [-0.2, -0.15) is 0 Å². The van der Waals surface area contributed by atoms with Crippen LogP contribution in [0, 0.1) is 13.8 Å². The molecule has 6 heteroatoms. The zero-order valence-corrected chi connectivity index (χ0v) is 12.5. The van der Waals surface area contributed by atoms with Gasteiger partial charge >= 0.3 is 5.97 Å². The molecule has 20 heavy (non-hydrogen) atoms. The minimum Gasteiger partial charge on any atom is -0.480 e. The molecular weight excluding hydrogens is 278 g/mol. The lowest BCUT2D eigenvalue weighted by atomic mass is 10.1. The van der Waals surface area contributed by atoms with E-state index in [0.717, 1.165) is 15.3 Å². The number of thiophene rings is 1. The highest BCUT2D eigenvalue weighted by molar-refractivity contribution is 7.12. The maximum atomic E-state index is 12.4. The fraction of sp³-hybridized carbons (Fsp3) is 0.571. The highest BCUT2D eigenvalue weighted by Crippen LogP contribution is 2.24. The number of rotatable bonds is 4. The number of hydrogen-bond donors (Lipinski definition) is 1. The third-order valence-corrected chi connectivity index (χ3v) is 4.41. The lowest BCUT2D eigenvalue weighted by Gasteiger charge is -2.31. The number of aryl methyl sites for hydroxylation is 2. The molecular formula is C14H19NO4S. The summed E-state index contributed by atoms with van der Waals surface area (Å²) in [5.74, 6) is -0.878. The van der Waals surface area contributed by atoms with E-state index in [-0.39, 0.29) is 18.6 Å². The van der Waals surface area contributed by atoms with Crippen molar-refractivity contribution in [3.05, 3.63) is 21.4 Å². The standard InChI is InChI=1S/C14H19NO4S/c1-9-7-12(10(2)20-9)14(18)15-5-3-11(4-6-15)19-8-13(16)17/h7,11H,3-6,8H2,1-2H3,(H,16,17). The fourth-order valence-corrected chi connectivity index (χ4v) is 3.34. The summed E-state index contributed by atoms with van der Waals surface area (Å²) in [5, 5.41) is 8.58. The van der Waals surface area contributed by atoms with Crippen molar-refractivity contribution in [1.82, 2.24) is 4.90 Å². The molecule has 1 aliphatic rings. The number of ether oxygens (including phenoxy) is 1. The monoisotopic (exact) mass is 297 g/mol. The number of carboxylic acids is 1. The van der Waals surface area contributed by atoms with Crippen LogP contribution in [0.1, 0.15) is 33.0 Å². The summed E-state index contributed by atoms with van der Waals surface area (Å²) in [6, 6.07) is 1.94. The van der Waals surface area contributed by atoms with Crippen LogP contribution in [0.25, 0.3) is 0 Å². The largest absolute Gasteiger partial charge is 0.480 e. The van der Waals surface area contributed by atoms with Gasteiger partial charge in [-0.1, -0.05) is 0 Å². The Balaban J connectivity index is 1.89. The second-order valence-electron chi connectivity index (χ2n) is 5.02. The minimum absolute atomic E-state index is 0.0551. The second kappa shape index (κ2) is 6.37. The van der Waals surface area contributed by atoms with Crippen molar-refractivity contribution in [2.75, 3.05) is 19.7 Å². The number of nitrogens with zero attached hydrogens (tertiary/aromatic N) is 1. The average Bonchev–Trinajstić information content (AvgIpc) is 2.75. The topological polar surface area (TPSA) is 66.8 Å². The zero-order valence-electron chi connectivity index (χ0n) is 11.7. The molecule has 0 atom stereocenters. The molecule has 1 amide bonds. The third-order valence-electron chi connectivity index (χ3n) is 3.44. The number of carbonyl (C=O) groups is 2. The first-order chi connectivity index (χ1) is 9.47.